The first kappa shape index (κ1) is 16.6. The first-order valence-corrected chi connectivity index (χ1v) is 9.48. The van der Waals surface area contributed by atoms with Crippen LogP contribution >= 0.6 is 15.9 Å². The second kappa shape index (κ2) is 5.82. The van der Waals surface area contributed by atoms with Crippen LogP contribution in [0.1, 0.15) is 16.7 Å². The summed E-state index contributed by atoms with van der Waals surface area (Å²) in [6, 6.07) is 26.5. The Labute approximate surface area is 158 Å². The van der Waals surface area contributed by atoms with Crippen molar-refractivity contribution in [1.29, 1.82) is 0 Å². The van der Waals surface area contributed by atoms with Gasteiger partial charge in [-0.3, -0.25) is 0 Å². The van der Waals surface area contributed by atoms with Crippen molar-refractivity contribution in [3.63, 3.8) is 0 Å². The monoisotopic (exact) mass is 392 g/mol. The molecule has 1 aliphatic rings. The highest BCUT2D eigenvalue weighted by atomic mass is 79.9. The van der Waals surface area contributed by atoms with E-state index in [2.05, 4.69) is 110 Å². The summed E-state index contributed by atoms with van der Waals surface area (Å²) in [5, 5.41) is 0. The van der Waals surface area contributed by atoms with E-state index in [1.165, 1.54) is 27.8 Å². The number of quaternary nitrogens is 1. The van der Waals surface area contributed by atoms with Crippen molar-refractivity contribution in [2.24, 2.45) is 0 Å². The second-order valence-electron chi connectivity index (χ2n) is 7.77. The zero-order valence-electron chi connectivity index (χ0n) is 15.0. The molecule has 0 bridgehead atoms. The third-order valence-corrected chi connectivity index (χ3v) is 6.03. The van der Waals surface area contributed by atoms with E-state index in [4.69, 9.17) is 0 Å². The number of benzene rings is 3. The van der Waals surface area contributed by atoms with Crippen LogP contribution in [0.2, 0.25) is 0 Å². The molecule has 0 saturated carbocycles. The van der Waals surface area contributed by atoms with Gasteiger partial charge < -0.3 is 4.48 Å². The van der Waals surface area contributed by atoms with Gasteiger partial charge in [0, 0.05) is 22.0 Å². The first-order chi connectivity index (χ1) is 11.9. The van der Waals surface area contributed by atoms with Gasteiger partial charge in [-0.05, 0) is 28.8 Å². The van der Waals surface area contributed by atoms with Gasteiger partial charge in [-0.1, -0.05) is 76.6 Å². The molecule has 0 spiro atoms. The average Bonchev–Trinajstić information content (AvgIpc) is 2.86. The van der Waals surface area contributed by atoms with Crippen molar-refractivity contribution in [3.8, 4) is 11.1 Å². The molecule has 3 aromatic rings. The standard InChI is InChI=1S/C23H23BrN/c1-25(2,3)23(16-17-9-5-4-6-10-17)21-12-8-7-11-19(21)20-14-13-18(24)15-22(20)23/h4-15H,16H2,1-3H3/q+1/t23-/m0/s1. The smallest absolute Gasteiger partial charge is 0.155 e. The summed E-state index contributed by atoms with van der Waals surface area (Å²) >= 11 is 3.71. The average molecular weight is 393 g/mol. The van der Waals surface area contributed by atoms with E-state index in [-0.39, 0.29) is 5.54 Å². The van der Waals surface area contributed by atoms with Crippen molar-refractivity contribution in [2.75, 3.05) is 21.1 Å². The molecule has 3 aromatic carbocycles. The topological polar surface area (TPSA) is 0 Å². The Morgan fingerprint density at radius 1 is 0.760 bits per heavy atom. The lowest BCUT2D eigenvalue weighted by Crippen LogP contribution is -2.55. The van der Waals surface area contributed by atoms with Crippen LogP contribution in [0.4, 0.5) is 0 Å². The maximum atomic E-state index is 3.71. The van der Waals surface area contributed by atoms with Gasteiger partial charge in [-0.25, -0.2) is 0 Å². The molecule has 1 nitrogen and oxygen atoms in total. The van der Waals surface area contributed by atoms with Crippen LogP contribution in [0, 0.1) is 0 Å². The van der Waals surface area contributed by atoms with Crippen LogP contribution in [0.25, 0.3) is 11.1 Å². The molecule has 0 fully saturated rings. The molecule has 126 valence electrons. The van der Waals surface area contributed by atoms with Gasteiger partial charge in [0.05, 0.1) is 21.1 Å². The zero-order chi connectivity index (χ0) is 17.7. The van der Waals surface area contributed by atoms with E-state index in [0.29, 0.717) is 0 Å². The maximum Gasteiger partial charge on any atom is 0.155 e. The normalized spacial score (nSPS) is 18.7. The summed E-state index contributed by atoms with van der Waals surface area (Å²) in [5.41, 5.74) is 6.85. The summed E-state index contributed by atoms with van der Waals surface area (Å²) in [6.07, 6.45) is 0.984. The van der Waals surface area contributed by atoms with Crippen molar-refractivity contribution >= 4 is 15.9 Å². The van der Waals surface area contributed by atoms with Gasteiger partial charge in [0.1, 0.15) is 0 Å². The molecule has 2 heteroatoms. The minimum atomic E-state index is -0.100. The fourth-order valence-corrected chi connectivity index (χ4v) is 4.72. The molecule has 0 aliphatic heterocycles. The number of likely N-dealkylation sites (N-methyl/N-ethyl adjacent to an activating group) is 1. The van der Waals surface area contributed by atoms with Crippen molar-refractivity contribution in [1.82, 2.24) is 0 Å². The molecule has 4 rings (SSSR count). The zero-order valence-corrected chi connectivity index (χ0v) is 16.5. The van der Waals surface area contributed by atoms with Crippen LogP contribution in [-0.4, -0.2) is 25.6 Å². The van der Waals surface area contributed by atoms with Crippen LogP contribution in [-0.2, 0) is 12.0 Å². The molecule has 0 N–H and O–H groups in total. The fourth-order valence-electron chi connectivity index (χ4n) is 4.36. The molecule has 0 radical (unpaired) electrons. The molecular formula is C23H23BrN+. The highest BCUT2D eigenvalue weighted by Crippen LogP contribution is 2.54. The van der Waals surface area contributed by atoms with Gasteiger partial charge in [-0.15, -0.1) is 0 Å². The molecule has 0 heterocycles. The van der Waals surface area contributed by atoms with E-state index in [0.717, 1.165) is 15.4 Å². The predicted octanol–water partition coefficient (Wildman–Crippen LogP) is 5.62. The predicted molar refractivity (Wildman–Crippen MR) is 109 cm³/mol. The van der Waals surface area contributed by atoms with Crippen LogP contribution in [0.15, 0.2) is 77.3 Å². The third kappa shape index (κ3) is 2.47. The number of halogens is 1. The lowest BCUT2D eigenvalue weighted by Gasteiger charge is -2.45. The van der Waals surface area contributed by atoms with Gasteiger partial charge in [0.15, 0.2) is 5.54 Å². The lowest BCUT2D eigenvalue weighted by molar-refractivity contribution is -0.924. The third-order valence-electron chi connectivity index (χ3n) is 5.54. The lowest BCUT2D eigenvalue weighted by atomic mass is 9.79. The molecule has 0 amide bonds. The Balaban J connectivity index is 2.05. The van der Waals surface area contributed by atoms with E-state index >= 15 is 0 Å². The number of nitrogens with zero attached hydrogens (tertiary/aromatic N) is 1. The molecule has 0 saturated heterocycles. The highest BCUT2D eigenvalue weighted by Gasteiger charge is 2.52. The summed E-state index contributed by atoms with van der Waals surface area (Å²) < 4.78 is 1.99. The van der Waals surface area contributed by atoms with Crippen LogP contribution in [0.5, 0.6) is 0 Å². The molecule has 1 atom stereocenters. The number of fused-ring (bicyclic) bond motifs is 3. The Bertz CT molecular complexity index is 924. The van der Waals surface area contributed by atoms with E-state index in [1.54, 1.807) is 0 Å². The molecular weight excluding hydrogens is 370 g/mol. The van der Waals surface area contributed by atoms with Crippen LogP contribution < -0.4 is 0 Å². The fraction of sp³-hybridized carbons (Fsp3) is 0.217. The minimum absolute atomic E-state index is 0.100. The Hall–Kier alpha value is -1.90. The van der Waals surface area contributed by atoms with Gasteiger partial charge in [0.2, 0.25) is 0 Å². The number of hydrogen-bond acceptors (Lipinski definition) is 0. The van der Waals surface area contributed by atoms with E-state index in [9.17, 15) is 0 Å². The maximum absolute atomic E-state index is 3.71. The first-order valence-electron chi connectivity index (χ1n) is 8.69. The Kier molecular flexibility index (Phi) is 3.86. The summed E-state index contributed by atoms with van der Waals surface area (Å²) in [6.45, 7) is 0. The quantitative estimate of drug-likeness (QED) is 0.507. The summed E-state index contributed by atoms with van der Waals surface area (Å²) in [7, 11) is 6.95. The minimum Gasteiger partial charge on any atom is -0.318 e. The summed E-state index contributed by atoms with van der Waals surface area (Å²) in [5.74, 6) is 0. The van der Waals surface area contributed by atoms with Crippen molar-refractivity contribution in [2.45, 2.75) is 12.0 Å². The molecule has 1 aliphatic carbocycles. The SMILES string of the molecule is C[N+](C)(C)[C@@]1(Cc2ccccc2)c2ccccc2-c2ccc(Br)cc21. The van der Waals surface area contributed by atoms with Crippen molar-refractivity contribution < 1.29 is 4.48 Å². The van der Waals surface area contributed by atoms with Crippen molar-refractivity contribution in [3.05, 3.63) is 94.0 Å². The Morgan fingerprint density at radius 3 is 2.12 bits per heavy atom. The molecule has 0 aromatic heterocycles. The van der Waals surface area contributed by atoms with Gasteiger partial charge in [-0.2, -0.15) is 0 Å². The van der Waals surface area contributed by atoms with Gasteiger partial charge >= 0.3 is 0 Å². The number of rotatable bonds is 3. The van der Waals surface area contributed by atoms with E-state index in [1.807, 2.05) is 0 Å². The number of hydrogen-bond donors (Lipinski definition) is 0. The highest BCUT2D eigenvalue weighted by molar-refractivity contribution is 9.10. The molecule has 25 heavy (non-hydrogen) atoms. The second-order valence-corrected chi connectivity index (χ2v) is 8.69. The largest absolute Gasteiger partial charge is 0.318 e. The van der Waals surface area contributed by atoms with Crippen LogP contribution in [0.3, 0.4) is 0 Å². The van der Waals surface area contributed by atoms with Gasteiger partial charge in [0.25, 0.3) is 0 Å². The molecule has 0 unspecified atom stereocenters. The van der Waals surface area contributed by atoms with E-state index < -0.39 is 0 Å². The Morgan fingerprint density at radius 2 is 1.40 bits per heavy atom. The summed E-state index contributed by atoms with van der Waals surface area (Å²) in [4.78, 5) is 0.